The van der Waals surface area contributed by atoms with Crippen LogP contribution in [0.25, 0.3) is 0 Å². The molecule has 0 aliphatic carbocycles. The fourth-order valence-corrected chi connectivity index (χ4v) is 2.92. The molecule has 0 aromatic rings. The van der Waals surface area contributed by atoms with E-state index in [-0.39, 0.29) is 6.10 Å². The van der Waals surface area contributed by atoms with E-state index in [1.807, 2.05) is 0 Å². The van der Waals surface area contributed by atoms with E-state index >= 15 is 0 Å². The molecule has 2 saturated heterocycles. The third-order valence-corrected chi connectivity index (χ3v) is 3.80. The van der Waals surface area contributed by atoms with E-state index in [2.05, 4.69) is 24.2 Å². The first-order valence-corrected chi connectivity index (χ1v) is 6.52. The van der Waals surface area contributed by atoms with Gasteiger partial charge in [0.05, 0.1) is 12.7 Å². The topological polar surface area (TPSA) is 50.5 Å². The van der Waals surface area contributed by atoms with Gasteiger partial charge in [-0.15, -0.1) is 0 Å². The van der Waals surface area contributed by atoms with Gasteiger partial charge in [0.15, 0.2) is 0 Å². The van der Waals surface area contributed by atoms with E-state index in [1.54, 1.807) is 0 Å². The summed E-state index contributed by atoms with van der Waals surface area (Å²) in [6.45, 7) is 7.63. The van der Waals surface area contributed by atoms with Gasteiger partial charge in [0, 0.05) is 18.6 Å². The lowest BCUT2D eigenvalue weighted by molar-refractivity contribution is -0.0671. The average Bonchev–Trinajstić information content (AvgIpc) is 2.72. The van der Waals surface area contributed by atoms with Crippen molar-refractivity contribution in [2.75, 3.05) is 19.7 Å². The number of hydrogen-bond acceptors (Lipinski definition) is 4. The average molecular weight is 227 g/mol. The summed E-state index contributed by atoms with van der Waals surface area (Å²) in [5.74, 6) is 6.29. The Kier molecular flexibility index (Phi) is 4.19. The highest BCUT2D eigenvalue weighted by atomic mass is 16.5. The fraction of sp³-hybridized carbons (Fsp3) is 1.00. The predicted molar refractivity (Wildman–Crippen MR) is 64.9 cm³/mol. The van der Waals surface area contributed by atoms with Crippen molar-refractivity contribution in [2.45, 2.75) is 51.3 Å². The molecule has 16 heavy (non-hydrogen) atoms. The first-order valence-electron chi connectivity index (χ1n) is 6.52. The Morgan fingerprint density at radius 3 is 3.00 bits per heavy atom. The maximum Gasteiger partial charge on any atom is 0.0869 e. The third-order valence-electron chi connectivity index (χ3n) is 3.80. The van der Waals surface area contributed by atoms with Crippen LogP contribution in [-0.4, -0.2) is 42.8 Å². The highest BCUT2D eigenvalue weighted by Crippen LogP contribution is 2.24. The zero-order chi connectivity index (χ0) is 11.5. The molecule has 3 atom stereocenters. The van der Waals surface area contributed by atoms with Crippen molar-refractivity contribution in [2.24, 2.45) is 11.8 Å². The molecule has 2 fully saturated rings. The van der Waals surface area contributed by atoms with Gasteiger partial charge in [-0.2, -0.15) is 0 Å². The van der Waals surface area contributed by atoms with Crippen LogP contribution in [0.4, 0.5) is 0 Å². The number of nitrogens with one attached hydrogen (secondary N) is 1. The van der Waals surface area contributed by atoms with Crippen LogP contribution in [0.5, 0.6) is 0 Å². The van der Waals surface area contributed by atoms with Crippen molar-refractivity contribution in [3.63, 3.8) is 0 Å². The number of morpholine rings is 1. The van der Waals surface area contributed by atoms with E-state index in [1.165, 1.54) is 19.4 Å². The summed E-state index contributed by atoms with van der Waals surface area (Å²) in [6.07, 6.45) is 3.98. The maximum atomic E-state index is 5.96. The van der Waals surface area contributed by atoms with Gasteiger partial charge in [0.1, 0.15) is 0 Å². The molecule has 2 heterocycles. The molecular weight excluding hydrogens is 202 g/mol. The Bertz CT molecular complexity index is 222. The van der Waals surface area contributed by atoms with Crippen molar-refractivity contribution < 1.29 is 4.74 Å². The van der Waals surface area contributed by atoms with Crippen molar-refractivity contribution in [1.29, 1.82) is 0 Å². The number of fused-ring (bicyclic) bond motifs is 1. The lowest BCUT2D eigenvalue weighted by atomic mass is 9.98. The molecule has 3 N–H and O–H groups in total. The van der Waals surface area contributed by atoms with Crippen LogP contribution in [0.1, 0.15) is 33.1 Å². The first-order chi connectivity index (χ1) is 7.70. The molecule has 0 aromatic carbocycles. The van der Waals surface area contributed by atoms with Crippen LogP contribution in [-0.2, 0) is 4.74 Å². The molecule has 4 nitrogen and oxygen atoms in total. The number of ether oxygens (including phenoxy) is 1. The monoisotopic (exact) mass is 227 g/mol. The minimum absolute atomic E-state index is 0.266. The van der Waals surface area contributed by atoms with Crippen molar-refractivity contribution >= 4 is 0 Å². The number of nitrogens with zero attached hydrogens (tertiary/aromatic N) is 1. The van der Waals surface area contributed by atoms with Gasteiger partial charge in [-0.05, 0) is 31.7 Å². The number of rotatable bonds is 4. The van der Waals surface area contributed by atoms with Gasteiger partial charge in [-0.25, -0.2) is 0 Å². The lowest BCUT2D eigenvalue weighted by Gasteiger charge is -2.39. The highest BCUT2D eigenvalue weighted by Gasteiger charge is 2.35. The van der Waals surface area contributed by atoms with E-state index in [4.69, 9.17) is 10.6 Å². The second-order valence-electron chi connectivity index (χ2n) is 5.57. The van der Waals surface area contributed by atoms with E-state index in [0.29, 0.717) is 18.0 Å². The first kappa shape index (κ1) is 12.3. The molecular formula is C12H25N3O. The summed E-state index contributed by atoms with van der Waals surface area (Å²) < 4.78 is 5.96. The molecule has 0 radical (unpaired) electrons. The van der Waals surface area contributed by atoms with Crippen LogP contribution in [0.2, 0.25) is 0 Å². The molecule has 94 valence electrons. The largest absolute Gasteiger partial charge is 0.374 e. The van der Waals surface area contributed by atoms with Gasteiger partial charge in [0.2, 0.25) is 0 Å². The van der Waals surface area contributed by atoms with Crippen LogP contribution in [0.15, 0.2) is 0 Å². The molecule has 0 spiro atoms. The Balaban J connectivity index is 1.88. The minimum atomic E-state index is 0.266. The smallest absolute Gasteiger partial charge is 0.0869 e. The van der Waals surface area contributed by atoms with Crippen LogP contribution in [0.3, 0.4) is 0 Å². The van der Waals surface area contributed by atoms with Crippen molar-refractivity contribution in [1.82, 2.24) is 10.3 Å². The molecule has 0 bridgehead atoms. The summed E-state index contributed by atoms with van der Waals surface area (Å²) in [5.41, 5.74) is 2.93. The quantitative estimate of drug-likeness (QED) is 0.549. The summed E-state index contributed by atoms with van der Waals surface area (Å²) in [6, 6.07) is 0.968. The predicted octanol–water partition coefficient (Wildman–Crippen LogP) is 0.728. The zero-order valence-electron chi connectivity index (χ0n) is 10.5. The van der Waals surface area contributed by atoms with Crippen molar-refractivity contribution in [3.05, 3.63) is 0 Å². The molecule has 0 saturated carbocycles. The van der Waals surface area contributed by atoms with Gasteiger partial charge in [-0.1, -0.05) is 13.8 Å². The third kappa shape index (κ3) is 2.74. The Labute approximate surface area is 98.5 Å². The summed E-state index contributed by atoms with van der Waals surface area (Å²) in [5, 5.41) is 0. The van der Waals surface area contributed by atoms with Gasteiger partial charge >= 0.3 is 0 Å². The van der Waals surface area contributed by atoms with Gasteiger partial charge in [-0.3, -0.25) is 16.2 Å². The number of hydrazine groups is 1. The Morgan fingerprint density at radius 2 is 2.31 bits per heavy atom. The molecule has 0 amide bonds. The molecule has 3 unspecified atom stereocenters. The number of nitrogens with two attached hydrogens (primary N) is 1. The highest BCUT2D eigenvalue weighted by molar-refractivity contribution is 4.89. The summed E-state index contributed by atoms with van der Waals surface area (Å²) in [7, 11) is 0. The Morgan fingerprint density at radius 1 is 1.50 bits per heavy atom. The second-order valence-corrected chi connectivity index (χ2v) is 5.57. The summed E-state index contributed by atoms with van der Waals surface area (Å²) >= 11 is 0. The molecule has 2 rings (SSSR count). The van der Waals surface area contributed by atoms with Crippen molar-refractivity contribution in [3.8, 4) is 0 Å². The number of hydrogen-bond donors (Lipinski definition) is 2. The fourth-order valence-electron chi connectivity index (χ4n) is 2.92. The van der Waals surface area contributed by atoms with Gasteiger partial charge in [0.25, 0.3) is 0 Å². The second kappa shape index (κ2) is 5.45. The SMILES string of the molecule is CC(C)CC(NN)C1CN2CCCC2CO1. The van der Waals surface area contributed by atoms with E-state index < -0.39 is 0 Å². The zero-order valence-corrected chi connectivity index (χ0v) is 10.5. The normalized spacial score (nSPS) is 33.0. The minimum Gasteiger partial charge on any atom is -0.374 e. The Hall–Kier alpha value is -0.160. The van der Waals surface area contributed by atoms with E-state index in [9.17, 15) is 0 Å². The molecule has 2 aliphatic heterocycles. The van der Waals surface area contributed by atoms with Gasteiger partial charge < -0.3 is 4.74 Å². The summed E-state index contributed by atoms with van der Waals surface area (Å²) in [4.78, 5) is 2.57. The standard InChI is InChI=1S/C12H25N3O/c1-9(2)6-11(14-13)12-7-15-5-3-4-10(15)8-16-12/h9-12,14H,3-8,13H2,1-2H3. The maximum absolute atomic E-state index is 5.96. The van der Waals surface area contributed by atoms with Crippen LogP contribution >= 0.6 is 0 Å². The lowest BCUT2D eigenvalue weighted by Crippen LogP contribution is -2.55. The molecule has 0 aromatic heterocycles. The molecule has 4 heteroatoms. The van der Waals surface area contributed by atoms with Crippen LogP contribution < -0.4 is 11.3 Å². The van der Waals surface area contributed by atoms with Crippen LogP contribution in [0, 0.1) is 5.92 Å². The molecule has 2 aliphatic rings. The van der Waals surface area contributed by atoms with E-state index in [0.717, 1.165) is 19.6 Å².